The Balaban J connectivity index is 1.34. The summed E-state index contributed by atoms with van der Waals surface area (Å²) >= 11 is 1.46. The van der Waals surface area contributed by atoms with E-state index in [1.807, 2.05) is 36.6 Å². The smallest absolute Gasteiger partial charge is 0.307 e. The molecule has 0 saturated carbocycles. The Hall–Kier alpha value is -2.70. The number of carbonyl (C=O) groups is 1. The van der Waals surface area contributed by atoms with Gasteiger partial charge in [-0.05, 0) is 36.1 Å². The van der Waals surface area contributed by atoms with Gasteiger partial charge in [0.1, 0.15) is 0 Å². The van der Waals surface area contributed by atoms with Crippen LogP contribution in [0.1, 0.15) is 22.4 Å². The standard InChI is InChI=1S/C21H22N4OS/c1-15-6-2-5-9-19(15)23-20(26)24-21-22-18(14-27-21)13-25-11-10-16-7-3-4-8-17(16)12-25/h2-9,14H,10-13H2,1H3,(H2,22,23,24,26). The molecule has 3 aromatic rings. The summed E-state index contributed by atoms with van der Waals surface area (Å²) in [6.45, 7) is 4.75. The van der Waals surface area contributed by atoms with Crippen molar-refractivity contribution in [2.45, 2.75) is 26.4 Å². The first-order chi connectivity index (χ1) is 13.2. The van der Waals surface area contributed by atoms with Crippen LogP contribution in [0.2, 0.25) is 0 Å². The molecule has 2 heterocycles. The lowest BCUT2D eigenvalue weighted by Gasteiger charge is -2.27. The summed E-state index contributed by atoms with van der Waals surface area (Å²) in [5, 5.41) is 8.33. The summed E-state index contributed by atoms with van der Waals surface area (Å²) in [6.07, 6.45) is 1.07. The predicted molar refractivity (Wildman–Crippen MR) is 110 cm³/mol. The molecule has 27 heavy (non-hydrogen) atoms. The molecule has 2 aromatic carbocycles. The van der Waals surface area contributed by atoms with E-state index in [1.54, 1.807) is 0 Å². The molecule has 0 radical (unpaired) electrons. The van der Waals surface area contributed by atoms with E-state index < -0.39 is 0 Å². The Morgan fingerprint density at radius 1 is 1.11 bits per heavy atom. The van der Waals surface area contributed by atoms with E-state index >= 15 is 0 Å². The second kappa shape index (κ2) is 7.90. The summed E-state index contributed by atoms with van der Waals surface area (Å²) < 4.78 is 0. The maximum atomic E-state index is 12.2. The van der Waals surface area contributed by atoms with Gasteiger partial charge in [0.05, 0.1) is 5.69 Å². The van der Waals surface area contributed by atoms with Gasteiger partial charge in [-0.3, -0.25) is 10.2 Å². The number of benzene rings is 2. The molecule has 0 aliphatic carbocycles. The van der Waals surface area contributed by atoms with Crippen LogP contribution in [-0.4, -0.2) is 22.5 Å². The fraction of sp³-hybridized carbons (Fsp3) is 0.238. The first-order valence-electron chi connectivity index (χ1n) is 9.04. The zero-order valence-corrected chi connectivity index (χ0v) is 16.1. The number of anilines is 2. The molecule has 2 amide bonds. The van der Waals surface area contributed by atoms with Gasteiger partial charge < -0.3 is 5.32 Å². The number of para-hydroxylation sites is 1. The van der Waals surface area contributed by atoms with Gasteiger partial charge in [-0.1, -0.05) is 42.5 Å². The number of urea groups is 1. The van der Waals surface area contributed by atoms with E-state index in [0.717, 1.165) is 43.0 Å². The number of nitrogens with one attached hydrogen (secondary N) is 2. The van der Waals surface area contributed by atoms with Crippen molar-refractivity contribution < 1.29 is 4.79 Å². The molecular weight excluding hydrogens is 356 g/mol. The SMILES string of the molecule is Cc1ccccc1NC(=O)Nc1nc(CN2CCc3ccccc3C2)cs1. The third-order valence-corrected chi connectivity index (χ3v) is 5.57. The number of fused-ring (bicyclic) bond motifs is 1. The summed E-state index contributed by atoms with van der Waals surface area (Å²) in [5.74, 6) is 0. The minimum absolute atomic E-state index is 0.267. The zero-order chi connectivity index (χ0) is 18.6. The van der Waals surface area contributed by atoms with Crippen molar-refractivity contribution in [3.05, 3.63) is 76.3 Å². The van der Waals surface area contributed by atoms with Gasteiger partial charge >= 0.3 is 6.03 Å². The maximum Gasteiger partial charge on any atom is 0.325 e. The molecule has 138 valence electrons. The second-order valence-electron chi connectivity index (χ2n) is 6.77. The first kappa shape index (κ1) is 17.7. The highest BCUT2D eigenvalue weighted by Crippen LogP contribution is 2.22. The van der Waals surface area contributed by atoms with Gasteiger partial charge in [0, 0.05) is 30.7 Å². The molecule has 0 spiro atoms. The van der Waals surface area contributed by atoms with Crippen LogP contribution in [0, 0.1) is 6.92 Å². The van der Waals surface area contributed by atoms with Gasteiger partial charge in [-0.2, -0.15) is 0 Å². The van der Waals surface area contributed by atoms with Crippen LogP contribution in [0.3, 0.4) is 0 Å². The van der Waals surface area contributed by atoms with Crippen LogP contribution in [0.25, 0.3) is 0 Å². The molecule has 1 aromatic heterocycles. The van der Waals surface area contributed by atoms with Crippen LogP contribution < -0.4 is 10.6 Å². The zero-order valence-electron chi connectivity index (χ0n) is 15.2. The molecule has 1 aliphatic rings. The number of aromatic nitrogens is 1. The molecule has 5 nitrogen and oxygen atoms in total. The van der Waals surface area contributed by atoms with Crippen molar-refractivity contribution >= 4 is 28.2 Å². The predicted octanol–water partition coefficient (Wildman–Crippen LogP) is 4.65. The number of amides is 2. The largest absolute Gasteiger partial charge is 0.325 e. The van der Waals surface area contributed by atoms with Crippen molar-refractivity contribution in [1.82, 2.24) is 9.88 Å². The summed E-state index contributed by atoms with van der Waals surface area (Å²) in [7, 11) is 0. The normalized spacial score (nSPS) is 13.8. The molecule has 0 atom stereocenters. The number of aryl methyl sites for hydroxylation is 1. The van der Waals surface area contributed by atoms with Gasteiger partial charge in [0.2, 0.25) is 0 Å². The molecule has 0 bridgehead atoms. The van der Waals surface area contributed by atoms with E-state index in [-0.39, 0.29) is 6.03 Å². The van der Waals surface area contributed by atoms with Crippen molar-refractivity contribution in [2.24, 2.45) is 0 Å². The summed E-state index contributed by atoms with van der Waals surface area (Å²) in [6, 6.07) is 16.1. The highest BCUT2D eigenvalue weighted by Gasteiger charge is 2.17. The first-order valence-corrected chi connectivity index (χ1v) is 9.92. The van der Waals surface area contributed by atoms with Crippen LogP contribution in [0.4, 0.5) is 15.6 Å². The third-order valence-electron chi connectivity index (χ3n) is 4.76. The monoisotopic (exact) mass is 378 g/mol. The Morgan fingerprint density at radius 2 is 1.89 bits per heavy atom. The molecule has 0 unspecified atom stereocenters. The quantitative estimate of drug-likeness (QED) is 0.694. The lowest BCUT2D eigenvalue weighted by Crippen LogP contribution is -2.30. The number of hydrogen-bond acceptors (Lipinski definition) is 4. The van der Waals surface area contributed by atoms with Gasteiger partial charge in [-0.15, -0.1) is 11.3 Å². The van der Waals surface area contributed by atoms with Gasteiger partial charge in [-0.25, -0.2) is 9.78 Å². The van der Waals surface area contributed by atoms with E-state index in [9.17, 15) is 4.79 Å². The number of rotatable bonds is 4. The van der Waals surface area contributed by atoms with Gasteiger partial charge in [0.25, 0.3) is 0 Å². The fourth-order valence-corrected chi connectivity index (χ4v) is 4.02. The fourth-order valence-electron chi connectivity index (χ4n) is 3.32. The molecule has 6 heteroatoms. The van der Waals surface area contributed by atoms with E-state index in [2.05, 4.69) is 44.8 Å². The Labute approximate surface area is 163 Å². The topological polar surface area (TPSA) is 57.3 Å². The van der Waals surface area contributed by atoms with E-state index in [0.29, 0.717) is 5.13 Å². The molecule has 2 N–H and O–H groups in total. The van der Waals surface area contributed by atoms with Crippen LogP contribution in [0.15, 0.2) is 53.9 Å². The van der Waals surface area contributed by atoms with Crippen molar-refractivity contribution in [2.75, 3.05) is 17.2 Å². The summed E-state index contributed by atoms with van der Waals surface area (Å²) in [4.78, 5) is 19.2. The minimum Gasteiger partial charge on any atom is -0.307 e. The van der Waals surface area contributed by atoms with Crippen LogP contribution >= 0.6 is 11.3 Å². The van der Waals surface area contributed by atoms with Crippen LogP contribution in [0.5, 0.6) is 0 Å². The molecule has 0 saturated heterocycles. The molecule has 4 rings (SSSR count). The number of carbonyl (C=O) groups excluding carboxylic acids is 1. The van der Waals surface area contributed by atoms with Gasteiger partial charge in [0.15, 0.2) is 5.13 Å². The van der Waals surface area contributed by atoms with E-state index in [4.69, 9.17) is 0 Å². The number of thiazole rings is 1. The van der Waals surface area contributed by atoms with Crippen molar-refractivity contribution in [1.29, 1.82) is 0 Å². The second-order valence-corrected chi connectivity index (χ2v) is 7.63. The summed E-state index contributed by atoms with van der Waals surface area (Å²) in [5.41, 5.74) is 5.67. The van der Waals surface area contributed by atoms with Crippen molar-refractivity contribution in [3.63, 3.8) is 0 Å². The Bertz CT molecular complexity index is 953. The Kier molecular flexibility index (Phi) is 5.18. The highest BCUT2D eigenvalue weighted by molar-refractivity contribution is 7.13. The lowest BCUT2D eigenvalue weighted by atomic mass is 10.00. The number of hydrogen-bond donors (Lipinski definition) is 2. The molecular formula is C21H22N4OS. The third kappa shape index (κ3) is 4.35. The minimum atomic E-state index is -0.267. The Morgan fingerprint density at radius 3 is 2.74 bits per heavy atom. The van der Waals surface area contributed by atoms with E-state index in [1.165, 1.54) is 22.5 Å². The maximum absolute atomic E-state index is 12.2. The average molecular weight is 379 g/mol. The highest BCUT2D eigenvalue weighted by atomic mass is 32.1. The lowest BCUT2D eigenvalue weighted by molar-refractivity contribution is 0.243. The average Bonchev–Trinajstić information content (AvgIpc) is 3.10. The van der Waals surface area contributed by atoms with Crippen LogP contribution in [-0.2, 0) is 19.5 Å². The molecule has 1 aliphatic heterocycles. The molecule has 0 fully saturated rings. The van der Waals surface area contributed by atoms with Crippen molar-refractivity contribution in [3.8, 4) is 0 Å². The number of nitrogens with zero attached hydrogens (tertiary/aromatic N) is 2.